The van der Waals surface area contributed by atoms with Gasteiger partial charge in [-0.15, -0.1) is 10.2 Å². The Morgan fingerprint density at radius 1 is 1.21 bits per heavy atom. The largest absolute Gasteiger partial charge is 0.416 e. The van der Waals surface area contributed by atoms with Crippen molar-refractivity contribution in [1.82, 2.24) is 20.2 Å². The summed E-state index contributed by atoms with van der Waals surface area (Å²) in [6, 6.07) is 13.3. The van der Waals surface area contributed by atoms with Gasteiger partial charge in [0.2, 0.25) is 11.8 Å². The van der Waals surface area contributed by atoms with Crippen LogP contribution in [0.4, 0.5) is 5.69 Å². The van der Waals surface area contributed by atoms with E-state index >= 15 is 0 Å². The van der Waals surface area contributed by atoms with Crippen molar-refractivity contribution in [2.75, 3.05) is 11.1 Å². The first-order valence-electron chi connectivity index (χ1n) is 9.01. The predicted octanol–water partition coefficient (Wildman–Crippen LogP) is 4.42. The summed E-state index contributed by atoms with van der Waals surface area (Å²) in [5, 5.41) is 11.8. The van der Waals surface area contributed by atoms with E-state index in [-0.39, 0.29) is 11.7 Å². The number of H-pyrrole nitrogens is 1. The maximum absolute atomic E-state index is 12.1. The number of hydrogen-bond acceptors (Lipinski definition) is 6. The number of aromatic nitrogens is 4. The molecule has 0 fully saturated rings. The highest BCUT2D eigenvalue weighted by Gasteiger charge is 2.11. The van der Waals surface area contributed by atoms with Crippen LogP contribution in [0.3, 0.4) is 0 Å². The third-order valence-electron chi connectivity index (χ3n) is 4.24. The van der Waals surface area contributed by atoms with Gasteiger partial charge in [-0.25, -0.2) is 4.98 Å². The molecular weight excluding hydrogens is 410 g/mol. The number of para-hydroxylation sites is 2. The van der Waals surface area contributed by atoms with Crippen molar-refractivity contribution in [2.45, 2.75) is 25.0 Å². The fraction of sp³-hybridized carbons (Fsp3) is 0.200. The summed E-state index contributed by atoms with van der Waals surface area (Å²) in [6.07, 6.45) is 1.23. The minimum Gasteiger partial charge on any atom is -0.416 e. The third-order valence-corrected chi connectivity index (χ3v) is 5.47. The Balaban J connectivity index is 1.27. The van der Waals surface area contributed by atoms with Crippen LogP contribution in [0.15, 0.2) is 52.1 Å². The van der Waals surface area contributed by atoms with E-state index in [0.29, 0.717) is 34.7 Å². The fourth-order valence-corrected chi connectivity index (χ4v) is 3.50. The number of hydrogen-bond donors (Lipinski definition) is 2. The van der Waals surface area contributed by atoms with Gasteiger partial charge < -0.3 is 14.7 Å². The molecule has 2 aromatic carbocycles. The van der Waals surface area contributed by atoms with Crippen LogP contribution in [0, 0.1) is 6.92 Å². The molecule has 0 aliphatic rings. The lowest BCUT2D eigenvalue weighted by molar-refractivity contribution is -0.113. The number of nitrogens with zero attached hydrogens (tertiary/aromatic N) is 3. The lowest BCUT2D eigenvalue weighted by atomic mass is 10.2. The Kier molecular flexibility index (Phi) is 5.82. The number of aromatic amines is 1. The van der Waals surface area contributed by atoms with Crippen LogP contribution in [-0.2, 0) is 17.6 Å². The quantitative estimate of drug-likeness (QED) is 0.423. The first-order chi connectivity index (χ1) is 14.1. The second kappa shape index (κ2) is 8.67. The van der Waals surface area contributed by atoms with Gasteiger partial charge in [0, 0.05) is 23.6 Å². The molecule has 9 heteroatoms. The molecule has 2 heterocycles. The molecule has 0 aliphatic carbocycles. The van der Waals surface area contributed by atoms with Crippen LogP contribution >= 0.6 is 23.4 Å². The van der Waals surface area contributed by atoms with Crippen molar-refractivity contribution in [2.24, 2.45) is 0 Å². The van der Waals surface area contributed by atoms with Gasteiger partial charge in [0.05, 0.1) is 16.8 Å². The highest BCUT2D eigenvalue weighted by atomic mass is 35.5. The summed E-state index contributed by atoms with van der Waals surface area (Å²) >= 11 is 7.27. The summed E-state index contributed by atoms with van der Waals surface area (Å²) in [7, 11) is 0. The van der Waals surface area contributed by atoms with Gasteiger partial charge in [-0.1, -0.05) is 41.6 Å². The van der Waals surface area contributed by atoms with Gasteiger partial charge in [0.25, 0.3) is 5.22 Å². The van der Waals surface area contributed by atoms with Crippen molar-refractivity contribution in [1.29, 1.82) is 0 Å². The maximum atomic E-state index is 12.1. The summed E-state index contributed by atoms with van der Waals surface area (Å²) in [5.74, 6) is 1.38. The van der Waals surface area contributed by atoms with Crippen LogP contribution in [0.2, 0.25) is 5.02 Å². The van der Waals surface area contributed by atoms with E-state index < -0.39 is 0 Å². The number of benzene rings is 2. The molecule has 2 aromatic heterocycles. The zero-order valence-electron chi connectivity index (χ0n) is 15.6. The molecule has 0 saturated heterocycles. The summed E-state index contributed by atoms with van der Waals surface area (Å²) in [5.41, 5.74) is 3.55. The third kappa shape index (κ3) is 4.96. The van der Waals surface area contributed by atoms with E-state index in [1.807, 2.05) is 43.3 Å². The monoisotopic (exact) mass is 427 g/mol. The fourth-order valence-electron chi connectivity index (χ4n) is 2.74. The number of aryl methyl sites for hydroxylation is 3. The Hall–Kier alpha value is -2.84. The van der Waals surface area contributed by atoms with Gasteiger partial charge in [0.15, 0.2) is 0 Å². The summed E-state index contributed by atoms with van der Waals surface area (Å²) < 4.78 is 5.61. The number of carbonyl (C=O) groups excluding carboxylic acids is 1. The molecular formula is C20H18ClN5O2S. The number of nitrogens with one attached hydrogen (secondary N) is 2. The van der Waals surface area contributed by atoms with E-state index in [1.54, 1.807) is 6.07 Å². The van der Waals surface area contributed by atoms with Crippen molar-refractivity contribution < 1.29 is 9.21 Å². The van der Waals surface area contributed by atoms with E-state index in [0.717, 1.165) is 22.4 Å². The molecule has 148 valence electrons. The topological polar surface area (TPSA) is 96.7 Å². The molecule has 2 N–H and O–H groups in total. The number of carbonyl (C=O) groups is 1. The van der Waals surface area contributed by atoms with E-state index in [1.165, 1.54) is 11.8 Å². The smallest absolute Gasteiger partial charge is 0.277 e. The number of thioether (sulfide) groups is 1. The maximum Gasteiger partial charge on any atom is 0.277 e. The lowest BCUT2D eigenvalue weighted by Crippen LogP contribution is -2.14. The van der Waals surface area contributed by atoms with Crippen molar-refractivity contribution in [3.8, 4) is 0 Å². The number of imidazole rings is 1. The van der Waals surface area contributed by atoms with Gasteiger partial charge >= 0.3 is 0 Å². The summed E-state index contributed by atoms with van der Waals surface area (Å²) in [4.78, 5) is 19.9. The van der Waals surface area contributed by atoms with Gasteiger partial charge in [0.1, 0.15) is 5.82 Å². The average molecular weight is 428 g/mol. The molecule has 0 spiro atoms. The molecule has 1 amide bonds. The van der Waals surface area contributed by atoms with Gasteiger partial charge in [-0.05, 0) is 36.8 Å². The van der Waals surface area contributed by atoms with Crippen LogP contribution in [0.5, 0.6) is 0 Å². The van der Waals surface area contributed by atoms with E-state index in [9.17, 15) is 4.79 Å². The standard InChI is InChI=1S/C20H18ClN5O2S/c1-12-6-7-13(10-14(12)21)22-18(27)11-29-20-26-25-19(28-20)9-8-17-23-15-4-2-3-5-16(15)24-17/h2-7,10H,8-9,11H2,1H3,(H,22,27)(H,23,24). The predicted molar refractivity (Wildman–Crippen MR) is 113 cm³/mol. The minimum atomic E-state index is -0.169. The molecule has 0 saturated carbocycles. The SMILES string of the molecule is Cc1ccc(NC(=O)CSc2nnc(CCc3nc4ccccc4[nH]3)o2)cc1Cl. The summed E-state index contributed by atoms with van der Waals surface area (Å²) in [6.45, 7) is 1.91. The normalized spacial score (nSPS) is 11.1. The highest BCUT2D eigenvalue weighted by Crippen LogP contribution is 2.21. The zero-order chi connectivity index (χ0) is 20.2. The number of anilines is 1. The first kappa shape index (κ1) is 19.5. The van der Waals surface area contributed by atoms with Gasteiger partial charge in [-0.3, -0.25) is 4.79 Å². The number of halogens is 1. The van der Waals surface area contributed by atoms with E-state index in [2.05, 4.69) is 25.5 Å². The van der Waals surface area contributed by atoms with E-state index in [4.69, 9.17) is 16.0 Å². The molecule has 0 bridgehead atoms. The van der Waals surface area contributed by atoms with Gasteiger partial charge in [-0.2, -0.15) is 0 Å². The van der Waals surface area contributed by atoms with Crippen LogP contribution < -0.4 is 5.32 Å². The second-order valence-corrected chi connectivity index (χ2v) is 7.80. The average Bonchev–Trinajstić information content (AvgIpc) is 3.34. The Bertz CT molecular complexity index is 1120. The van der Waals surface area contributed by atoms with Crippen LogP contribution in [0.25, 0.3) is 11.0 Å². The lowest BCUT2D eigenvalue weighted by Gasteiger charge is -2.05. The Morgan fingerprint density at radius 2 is 2.07 bits per heavy atom. The first-order valence-corrected chi connectivity index (χ1v) is 10.4. The van der Waals surface area contributed by atoms with Crippen molar-refractivity contribution >= 4 is 46.0 Å². The number of fused-ring (bicyclic) bond motifs is 1. The molecule has 0 unspecified atom stereocenters. The van der Waals surface area contributed by atoms with Crippen LogP contribution in [-0.4, -0.2) is 31.8 Å². The number of rotatable bonds is 7. The zero-order valence-corrected chi connectivity index (χ0v) is 17.2. The highest BCUT2D eigenvalue weighted by molar-refractivity contribution is 7.99. The molecule has 7 nitrogen and oxygen atoms in total. The molecule has 29 heavy (non-hydrogen) atoms. The molecule has 4 aromatic rings. The number of amides is 1. The molecule has 4 rings (SSSR count). The van der Waals surface area contributed by atoms with Crippen molar-refractivity contribution in [3.63, 3.8) is 0 Å². The molecule has 0 atom stereocenters. The Morgan fingerprint density at radius 3 is 2.90 bits per heavy atom. The van der Waals surface area contributed by atoms with Crippen molar-refractivity contribution in [3.05, 3.63) is 64.8 Å². The molecule has 0 aliphatic heterocycles. The Labute approximate surface area is 176 Å². The van der Waals surface area contributed by atoms with Crippen LogP contribution in [0.1, 0.15) is 17.3 Å². The second-order valence-electron chi connectivity index (χ2n) is 6.46. The molecule has 0 radical (unpaired) electrons. The minimum absolute atomic E-state index is 0.163.